The number of primary amides is 1. The van der Waals surface area contributed by atoms with Gasteiger partial charge in [-0.05, 0) is 36.5 Å². The van der Waals surface area contributed by atoms with Crippen LogP contribution < -0.4 is 16.4 Å². The molecule has 1 aromatic carbocycles. The molecule has 0 saturated carbocycles. The maximum absolute atomic E-state index is 13.0. The fraction of sp³-hybridized carbons (Fsp3) is 0.467. The van der Waals surface area contributed by atoms with Crippen molar-refractivity contribution < 1.29 is 14.0 Å². The maximum Gasteiger partial charge on any atom is 0.312 e. The summed E-state index contributed by atoms with van der Waals surface area (Å²) < 4.78 is 13.0. The molecule has 1 aromatic rings. The van der Waals surface area contributed by atoms with Crippen molar-refractivity contribution in [2.45, 2.75) is 32.7 Å². The van der Waals surface area contributed by atoms with Gasteiger partial charge < -0.3 is 16.4 Å². The lowest BCUT2D eigenvalue weighted by atomic mass is 10.0. The van der Waals surface area contributed by atoms with Gasteiger partial charge in [-0.2, -0.15) is 0 Å². The Morgan fingerprint density at radius 3 is 2.62 bits per heavy atom. The van der Waals surface area contributed by atoms with Crippen molar-refractivity contribution in [3.63, 3.8) is 0 Å². The van der Waals surface area contributed by atoms with Crippen molar-refractivity contribution >= 4 is 11.9 Å². The van der Waals surface area contributed by atoms with E-state index in [9.17, 15) is 14.0 Å². The second-order valence-electron chi connectivity index (χ2n) is 5.36. The summed E-state index contributed by atoms with van der Waals surface area (Å²) >= 11 is 0. The molecule has 4 N–H and O–H groups in total. The quantitative estimate of drug-likeness (QED) is 0.713. The Morgan fingerprint density at radius 2 is 2.05 bits per heavy atom. The first-order valence-corrected chi connectivity index (χ1v) is 6.96. The molecule has 0 spiro atoms. The van der Waals surface area contributed by atoms with Crippen LogP contribution in [0.5, 0.6) is 0 Å². The number of rotatable bonds is 7. The van der Waals surface area contributed by atoms with Crippen LogP contribution in [0.2, 0.25) is 0 Å². The lowest BCUT2D eigenvalue weighted by molar-refractivity contribution is -0.123. The molecule has 0 aliphatic carbocycles. The first-order chi connectivity index (χ1) is 9.88. The summed E-state index contributed by atoms with van der Waals surface area (Å²) in [5.74, 6) is -0.332. The normalized spacial score (nSPS) is 12.0. The molecule has 0 radical (unpaired) electrons. The summed E-state index contributed by atoms with van der Waals surface area (Å²) in [4.78, 5) is 22.9. The van der Waals surface area contributed by atoms with Crippen molar-refractivity contribution in [3.05, 3.63) is 35.6 Å². The third-order valence-electron chi connectivity index (χ3n) is 2.94. The standard InChI is InChI=1S/C15H22FN3O2/c1-10(2)8-13(19-15(17)21)14(20)18-7-6-11-4-3-5-12(16)9-11/h3-5,9-10,13H,6-8H2,1-2H3,(H,18,20)(H3,17,19,21)/t13-/m0/s1. The molecular formula is C15H22FN3O2. The second-order valence-corrected chi connectivity index (χ2v) is 5.36. The first-order valence-electron chi connectivity index (χ1n) is 6.96. The Labute approximate surface area is 124 Å². The van der Waals surface area contributed by atoms with Crippen LogP contribution in [0.4, 0.5) is 9.18 Å². The van der Waals surface area contributed by atoms with Gasteiger partial charge >= 0.3 is 6.03 Å². The van der Waals surface area contributed by atoms with Gasteiger partial charge in [0.15, 0.2) is 0 Å². The highest BCUT2D eigenvalue weighted by atomic mass is 19.1. The fourth-order valence-electron chi connectivity index (χ4n) is 2.02. The minimum absolute atomic E-state index is 0.246. The SMILES string of the molecule is CC(C)C[C@H](NC(N)=O)C(=O)NCCc1cccc(F)c1. The fourth-order valence-corrected chi connectivity index (χ4v) is 2.02. The van der Waals surface area contributed by atoms with E-state index in [4.69, 9.17) is 5.73 Å². The molecule has 1 rings (SSSR count). The molecule has 0 heterocycles. The Bertz CT molecular complexity index is 492. The Kier molecular flexibility index (Phi) is 6.65. The van der Waals surface area contributed by atoms with Crippen LogP contribution in [0.3, 0.4) is 0 Å². The third-order valence-corrected chi connectivity index (χ3v) is 2.94. The molecule has 21 heavy (non-hydrogen) atoms. The molecule has 1 atom stereocenters. The van der Waals surface area contributed by atoms with E-state index in [1.165, 1.54) is 12.1 Å². The molecule has 116 valence electrons. The van der Waals surface area contributed by atoms with Crippen molar-refractivity contribution in [2.24, 2.45) is 11.7 Å². The van der Waals surface area contributed by atoms with E-state index in [2.05, 4.69) is 10.6 Å². The number of benzene rings is 1. The number of carbonyl (C=O) groups is 2. The van der Waals surface area contributed by atoms with E-state index in [0.29, 0.717) is 19.4 Å². The van der Waals surface area contributed by atoms with Gasteiger partial charge in [-0.1, -0.05) is 26.0 Å². The molecule has 6 heteroatoms. The van der Waals surface area contributed by atoms with Gasteiger partial charge in [-0.3, -0.25) is 4.79 Å². The number of amides is 3. The molecule has 0 bridgehead atoms. The topological polar surface area (TPSA) is 84.2 Å². The third kappa shape index (κ3) is 6.74. The lowest BCUT2D eigenvalue weighted by Gasteiger charge is -2.19. The molecule has 3 amide bonds. The van der Waals surface area contributed by atoms with Gasteiger partial charge in [0.2, 0.25) is 5.91 Å². The number of hydrogen-bond donors (Lipinski definition) is 3. The summed E-state index contributed by atoms with van der Waals surface area (Å²) in [6, 6.07) is 4.86. The first kappa shape index (κ1) is 16.9. The van der Waals surface area contributed by atoms with E-state index in [1.807, 2.05) is 13.8 Å². The number of hydrogen-bond acceptors (Lipinski definition) is 2. The zero-order valence-electron chi connectivity index (χ0n) is 12.4. The number of nitrogens with one attached hydrogen (secondary N) is 2. The zero-order valence-corrected chi connectivity index (χ0v) is 12.4. The van der Waals surface area contributed by atoms with E-state index in [-0.39, 0.29) is 17.6 Å². The van der Waals surface area contributed by atoms with Gasteiger partial charge in [-0.15, -0.1) is 0 Å². The summed E-state index contributed by atoms with van der Waals surface area (Å²) in [7, 11) is 0. The minimum Gasteiger partial charge on any atom is -0.354 e. The Morgan fingerprint density at radius 1 is 1.33 bits per heavy atom. The molecule has 0 unspecified atom stereocenters. The molecule has 0 aliphatic rings. The predicted octanol–water partition coefficient (Wildman–Crippen LogP) is 1.57. The van der Waals surface area contributed by atoms with Crippen molar-refractivity contribution in [1.29, 1.82) is 0 Å². The lowest BCUT2D eigenvalue weighted by Crippen LogP contribution is -2.49. The van der Waals surface area contributed by atoms with Gasteiger partial charge in [0, 0.05) is 6.54 Å². The van der Waals surface area contributed by atoms with Crippen LogP contribution in [0.1, 0.15) is 25.8 Å². The Balaban J connectivity index is 2.47. The molecular weight excluding hydrogens is 273 g/mol. The zero-order chi connectivity index (χ0) is 15.8. The molecule has 5 nitrogen and oxygen atoms in total. The number of halogens is 1. The van der Waals surface area contributed by atoms with Crippen LogP contribution in [0.25, 0.3) is 0 Å². The van der Waals surface area contributed by atoms with Crippen LogP contribution >= 0.6 is 0 Å². The maximum atomic E-state index is 13.0. The summed E-state index contributed by atoms with van der Waals surface area (Å²) in [6.45, 7) is 4.28. The van der Waals surface area contributed by atoms with Crippen molar-refractivity contribution in [2.75, 3.05) is 6.54 Å². The van der Waals surface area contributed by atoms with E-state index in [0.717, 1.165) is 5.56 Å². The van der Waals surface area contributed by atoms with E-state index >= 15 is 0 Å². The van der Waals surface area contributed by atoms with Crippen LogP contribution in [0, 0.1) is 11.7 Å². The highest BCUT2D eigenvalue weighted by Crippen LogP contribution is 2.06. The summed E-state index contributed by atoms with van der Waals surface area (Å²) in [6.07, 6.45) is 1.03. The van der Waals surface area contributed by atoms with Crippen LogP contribution in [-0.4, -0.2) is 24.5 Å². The average Bonchev–Trinajstić information content (AvgIpc) is 2.36. The van der Waals surface area contributed by atoms with E-state index in [1.54, 1.807) is 12.1 Å². The molecule has 0 aliphatic heterocycles. The van der Waals surface area contributed by atoms with Gasteiger partial charge in [0.05, 0.1) is 0 Å². The van der Waals surface area contributed by atoms with Crippen LogP contribution in [0.15, 0.2) is 24.3 Å². The smallest absolute Gasteiger partial charge is 0.312 e. The predicted molar refractivity (Wildman–Crippen MR) is 79.1 cm³/mol. The average molecular weight is 295 g/mol. The molecule has 0 saturated heterocycles. The van der Waals surface area contributed by atoms with Gasteiger partial charge in [0.25, 0.3) is 0 Å². The van der Waals surface area contributed by atoms with Crippen molar-refractivity contribution in [1.82, 2.24) is 10.6 Å². The van der Waals surface area contributed by atoms with Crippen LogP contribution in [-0.2, 0) is 11.2 Å². The second kappa shape index (κ2) is 8.24. The monoisotopic (exact) mass is 295 g/mol. The largest absolute Gasteiger partial charge is 0.354 e. The Hall–Kier alpha value is -2.11. The van der Waals surface area contributed by atoms with Crippen molar-refractivity contribution in [3.8, 4) is 0 Å². The summed E-state index contributed by atoms with van der Waals surface area (Å²) in [5, 5.41) is 5.17. The summed E-state index contributed by atoms with van der Waals surface area (Å²) in [5.41, 5.74) is 5.88. The molecule has 0 fully saturated rings. The van der Waals surface area contributed by atoms with Gasteiger partial charge in [0.1, 0.15) is 11.9 Å². The number of nitrogens with two attached hydrogens (primary N) is 1. The minimum atomic E-state index is -0.721. The van der Waals surface area contributed by atoms with Gasteiger partial charge in [-0.25, -0.2) is 9.18 Å². The highest BCUT2D eigenvalue weighted by molar-refractivity contribution is 5.86. The highest BCUT2D eigenvalue weighted by Gasteiger charge is 2.20. The number of urea groups is 1. The number of carbonyl (C=O) groups excluding carboxylic acids is 2. The molecule has 0 aromatic heterocycles. The van der Waals surface area contributed by atoms with E-state index < -0.39 is 12.1 Å².